The zero-order valence-electron chi connectivity index (χ0n) is 10.5. The maximum Gasteiger partial charge on any atom is 0.239 e. The third-order valence-electron chi connectivity index (χ3n) is 4.26. The van der Waals surface area contributed by atoms with Crippen molar-refractivity contribution in [3.8, 4) is 0 Å². The molecule has 0 bridgehead atoms. The van der Waals surface area contributed by atoms with Gasteiger partial charge in [-0.3, -0.25) is 9.69 Å². The van der Waals surface area contributed by atoms with Crippen LogP contribution in [0.4, 0.5) is 0 Å². The summed E-state index contributed by atoms with van der Waals surface area (Å²) in [6, 6.07) is 0.956. The molecule has 0 radical (unpaired) electrons. The fourth-order valence-corrected chi connectivity index (χ4v) is 3.08. The summed E-state index contributed by atoms with van der Waals surface area (Å²) >= 11 is 0. The van der Waals surface area contributed by atoms with Crippen LogP contribution in [0.2, 0.25) is 0 Å². The summed E-state index contributed by atoms with van der Waals surface area (Å²) in [4.78, 5) is 17.0. The summed E-state index contributed by atoms with van der Waals surface area (Å²) in [5.41, 5.74) is 0. The van der Waals surface area contributed by atoms with Gasteiger partial charge in [0.05, 0.1) is 6.04 Å². The van der Waals surface area contributed by atoms with Gasteiger partial charge in [-0.2, -0.15) is 0 Å². The predicted octanol–water partition coefficient (Wildman–Crippen LogP) is 0.435. The van der Waals surface area contributed by atoms with Crippen LogP contribution in [-0.4, -0.2) is 60.5 Å². The summed E-state index contributed by atoms with van der Waals surface area (Å²) in [5, 5.41) is 3.32. The first kappa shape index (κ1) is 11.5. The average molecular weight is 237 g/mol. The first-order chi connectivity index (χ1) is 8.34. The maximum absolute atomic E-state index is 12.3. The van der Waals surface area contributed by atoms with Gasteiger partial charge < -0.3 is 10.2 Å². The third kappa shape index (κ3) is 2.63. The molecule has 4 heteroatoms. The number of hydrogen-bond donors (Lipinski definition) is 1. The molecule has 3 fully saturated rings. The van der Waals surface area contributed by atoms with Crippen molar-refractivity contribution in [1.82, 2.24) is 15.1 Å². The van der Waals surface area contributed by atoms with Crippen molar-refractivity contribution in [3.63, 3.8) is 0 Å². The van der Waals surface area contributed by atoms with E-state index in [0.29, 0.717) is 5.91 Å². The van der Waals surface area contributed by atoms with Crippen LogP contribution in [0.1, 0.15) is 32.1 Å². The van der Waals surface area contributed by atoms with Crippen molar-refractivity contribution in [2.24, 2.45) is 0 Å². The van der Waals surface area contributed by atoms with E-state index in [9.17, 15) is 4.79 Å². The normalized spacial score (nSPS) is 31.5. The number of nitrogens with one attached hydrogen (secondary N) is 1. The van der Waals surface area contributed by atoms with E-state index >= 15 is 0 Å². The van der Waals surface area contributed by atoms with Crippen LogP contribution in [0.5, 0.6) is 0 Å². The van der Waals surface area contributed by atoms with Crippen molar-refractivity contribution in [1.29, 1.82) is 0 Å². The molecule has 0 aromatic heterocycles. The Morgan fingerprint density at radius 3 is 2.59 bits per heavy atom. The molecular weight excluding hydrogens is 214 g/mol. The van der Waals surface area contributed by atoms with E-state index in [1.165, 1.54) is 19.4 Å². The first-order valence-corrected chi connectivity index (χ1v) is 7.11. The van der Waals surface area contributed by atoms with Gasteiger partial charge in [0.25, 0.3) is 0 Å². The molecule has 2 saturated heterocycles. The molecule has 0 unspecified atom stereocenters. The molecule has 3 rings (SSSR count). The lowest BCUT2D eigenvalue weighted by Gasteiger charge is -2.24. The Morgan fingerprint density at radius 1 is 1.00 bits per heavy atom. The fourth-order valence-electron chi connectivity index (χ4n) is 3.08. The van der Waals surface area contributed by atoms with E-state index in [-0.39, 0.29) is 6.04 Å². The topological polar surface area (TPSA) is 35.6 Å². The van der Waals surface area contributed by atoms with Crippen molar-refractivity contribution < 1.29 is 4.79 Å². The molecule has 17 heavy (non-hydrogen) atoms. The van der Waals surface area contributed by atoms with Crippen molar-refractivity contribution in [3.05, 3.63) is 0 Å². The molecule has 1 aliphatic carbocycles. The largest absolute Gasteiger partial charge is 0.340 e. The molecule has 1 saturated carbocycles. The zero-order valence-corrected chi connectivity index (χ0v) is 10.5. The SMILES string of the molecule is O=C([C@H]1CCCN1)N1CCCN(C2CC2)CC1. The Kier molecular flexibility index (Phi) is 3.34. The average Bonchev–Trinajstić information content (AvgIpc) is 3.08. The molecular formula is C13H23N3O. The third-order valence-corrected chi connectivity index (χ3v) is 4.26. The van der Waals surface area contributed by atoms with Crippen molar-refractivity contribution in [2.75, 3.05) is 32.7 Å². The lowest BCUT2D eigenvalue weighted by molar-refractivity contribution is -0.132. The van der Waals surface area contributed by atoms with E-state index < -0.39 is 0 Å². The Bertz CT molecular complexity index is 284. The van der Waals surface area contributed by atoms with Crippen LogP contribution in [0, 0.1) is 0 Å². The van der Waals surface area contributed by atoms with Crippen LogP contribution in [0.3, 0.4) is 0 Å². The van der Waals surface area contributed by atoms with Gasteiger partial charge >= 0.3 is 0 Å². The highest BCUT2D eigenvalue weighted by atomic mass is 16.2. The molecule has 3 aliphatic rings. The number of carbonyl (C=O) groups excluding carboxylic acids is 1. The van der Waals surface area contributed by atoms with Crippen LogP contribution in [-0.2, 0) is 4.79 Å². The summed E-state index contributed by atoms with van der Waals surface area (Å²) in [7, 11) is 0. The molecule has 1 atom stereocenters. The molecule has 2 aliphatic heterocycles. The van der Waals surface area contributed by atoms with Crippen molar-refractivity contribution >= 4 is 5.91 Å². The van der Waals surface area contributed by atoms with Crippen LogP contribution in [0.15, 0.2) is 0 Å². The second kappa shape index (κ2) is 4.94. The highest BCUT2D eigenvalue weighted by Gasteiger charge is 2.32. The second-order valence-corrected chi connectivity index (χ2v) is 5.59. The molecule has 0 aromatic carbocycles. The molecule has 1 N–H and O–H groups in total. The van der Waals surface area contributed by atoms with Gasteiger partial charge in [0.1, 0.15) is 0 Å². The summed E-state index contributed by atoms with van der Waals surface area (Å²) < 4.78 is 0. The highest BCUT2D eigenvalue weighted by molar-refractivity contribution is 5.82. The number of rotatable bonds is 2. The number of nitrogens with zero attached hydrogens (tertiary/aromatic N) is 2. The van der Waals surface area contributed by atoms with Gasteiger partial charge in [-0.1, -0.05) is 0 Å². The first-order valence-electron chi connectivity index (χ1n) is 7.11. The standard InChI is InChI=1S/C13H23N3O/c17-13(12-3-1-6-14-12)16-8-2-7-15(9-10-16)11-4-5-11/h11-12,14H,1-10H2/t12-/m1/s1. The zero-order chi connectivity index (χ0) is 11.7. The molecule has 1 amide bonds. The minimum atomic E-state index is 0.113. The van der Waals surface area contributed by atoms with E-state index in [1.807, 2.05) is 0 Å². The molecule has 4 nitrogen and oxygen atoms in total. The van der Waals surface area contributed by atoms with Gasteiger partial charge in [0, 0.05) is 32.2 Å². The maximum atomic E-state index is 12.3. The summed E-state index contributed by atoms with van der Waals surface area (Å²) in [6.45, 7) is 5.18. The molecule has 0 spiro atoms. The quantitative estimate of drug-likeness (QED) is 0.757. The number of amides is 1. The van der Waals surface area contributed by atoms with Gasteiger partial charge in [-0.25, -0.2) is 0 Å². The summed E-state index contributed by atoms with van der Waals surface area (Å²) in [6.07, 6.45) is 6.07. The minimum absolute atomic E-state index is 0.113. The molecule has 2 heterocycles. The minimum Gasteiger partial charge on any atom is -0.340 e. The lowest BCUT2D eigenvalue weighted by atomic mass is 10.2. The van der Waals surface area contributed by atoms with Gasteiger partial charge in [0.2, 0.25) is 5.91 Å². The van der Waals surface area contributed by atoms with Gasteiger partial charge in [0.15, 0.2) is 0 Å². The Hall–Kier alpha value is -0.610. The van der Waals surface area contributed by atoms with E-state index in [1.54, 1.807) is 0 Å². The highest BCUT2D eigenvalue weighted by Crippen LogP contribution is 2.27. The van der Waals surface area contributed by atoms with E-state index in [0.717, 1.165) is 51.5 Å². The molecule has 96 valence electrons. The van der Waals surface area contributed by atoms with Crippen LogP contribution < -0.4 is 5.32 Å². The predicted molar refractivity (Wildman–Crippen MR) is 66.8 cm³/mol. The smallest absolute Gasteiger partial charge is 0.239 e. The second-order valence-electron chi connectivity index (χ2n) is 5.59. The van der Waals surface area contributed by atoms with Gasteiger partial charge in [-0.15, -0.1) is 0 Å². The number of carbonyl (C=O) groups is 1. The monoisotopic (exact) mass is 237 g/mol. The fraction of sp³-hybridized carbons (Fsp3) is 0.923. The Balaban J connectivity index is 1.54. The Morgan fingerprint density at radius 2 is 1.88 bits per heavy atom. The van der Waals surface area contributed by atoms with E-state index in [4.69, 9.17) is 0 Å². The Labute approximate surface area is 103 Å². The van der Waals surface area contributed by atoms with Crippen LogP contribution in [0.25, 0.3) is 0 Å². The number of hydrogen-bond acceptors (Lipinski definition) is 3. The van der Waals surface area contributed by atoms with Crippen molar-refractivity contribution in [2.45, 2.75) is 44.2 Å². The van der Waals surface area contributed by atoms with E-state index in [2.05, 4.69) is 15.1 Å². The summed E-state index contributed by atoms with van der Waals surface area (Å²) in [5.74, 6) is 0.347. The van der Waals surface area contributed by atoms with Gasteiger partial charge in [-0.05, 0) is 38.6 Å². The van der Waals surface area contributed by atoms with Crippen LogP contribution >= 0.6 is 0 Å². The lowest BCUT2D eigenvalue weighted by Crippen LogP contribution is -2.45. The molecule has 0 aromatic rings.